The highest BCUT2D eigenvalue weighted by atomic mass is 16.3. The first kappa shape index (κ1) is 16.7. The molecule has 0 unspecified atom stereocenters. The Balaban J connectivity index is 2.02. The number of nitrogens with one attached hydrogen (secondary N) is 1. The van der Waals surface area contributed by atoms with E-state index < -0.39 is 6.10 Å². The monoisotopic (exact) mass is 299 g/mol. The molecule has 2 rings (SSSR count). The Morgan fingerprint density at radius 3 is 2.05 bits per heavy atom. The van der Waals surface area contributed by atoms with Gasteiger partial charge >= 0.3 is 0 Å². The first-order valence-electron chi connectivity index (χ1n) is 7.77. The van der Waals surface area contributed by atoms with Crippen molar-refractivity contribution in [3.05, 3.63) is 71.3 Å². The van der Waals surface area contributed by atoms with Crippen molar-refractivity contribution in [2.24, 2.45) is 5.92 Å². The molecule has 0 spiro atoms. The van der Waals surface area contributed by atoms with Crippen molar-refractivity contribution < 1.29 is 10.2 Å². The van der Waals surface area contributed by atoms with E-state index in [-0.39, 0.29) is 12.6 Å². The van der Waals surface area contributed by atoms with Gasteiger partial charge in [0.1, 0.15) is 0 Å². The molecule has 3 N–H and O–H groups in total. The summed E-state index contributed by atoms with van der Waals surface area (Å²) in [6.07, 6.45) is -0.530. The first-order chi connectivity index (χ1) is 10.6. The zero-order valence-corrected chi connectivity index (χ0v) is 13.2. The number of hydrogen-bond acceptors (Lipinski definition) is 3. The molecule has 3 nitrogen and oxygen atoms in total. The summed E-state index contributed by atoms with van der Waals surface area (Å²) in [5, 5.41) is 23.1. The van der Waals surface area contributed by atoms with Gasteiger partial charge in [-0.2, -0.15) is 0 Å². The van der Waals surface area contributed by atoms with Gasteiger partial charge in [-0.25, -0.2) is 0 Å². The third-order valence-electron chi connectivity index (χ3n) is 3.95. The van der Waals surface area contributed by atoms with Gasteiger partial charge < -0.3 is 15.5 Å². The molecule has 0 saturated carbocycles. The van der Waals surface area contributed by atoms with E-state index in [0.29, 0.717) is 12.5 Å². The Kier molecular flexibility index (Phi) is 6.13. The van der Waals surface area contributed by atoms with Gasteiger partial charge in [-0.3, -0.25) is 0 Å². The largest absolute Gasteiger partial charge is 0.392 e. The molecular formula is C19H25NO2. The molecule has 0 saturated heterocycles. The summed E-state index contributed by atoms with van der Waals surface area (Å²) in [6, 6.07) is 17.6. The minimum Gasteiger partial charge on any atom is -0.392 e. The lowest BCUT2D eigenvalue weighted by Gasteiger charge is -2.28. The fourth-order valence-corrected chi connectivity index (χ4v) is 2.57. The van der Waals surface area contributed by atoms with Crippen LogP contribution in [0.4, 0.5) is 0 Å². The molecule has 0 heterocycles. The highest BCUT2D eigenvalue weighted by Gasteiger charge is 2.23. The van der Waals surface area contributed by atoms with Gasteiger partial charge in [0.05, 0.1) is 12.7 Å². The zero-order valence-electron chi connectivity index (χ0n) is 13.2. The van der Waals surface area contributed by atoms with E-state index >= 15 is 0 Å². The second-order valence-electron chi connectivity index (χ2n) is 5.98. The summed E-state index contributed by atoms with van der Waals surface area (Å²) in [5.41, 5.74) is 2.99. The van der Waals surface area contributed by atoms with Crippen LogP contribution in [0.2, 0.25) is 0 Å². The number of benzene rings is 2. The van der Waals surface area contributed by atoms with Crippen LogP contribution < -0.4 is 5.32 Å². The average molecular weight is 299 g/mol. The minimum absolute atomic E-state index is 0.0140. The molecule has 3 heteroatoms. The Labute approximate surface area is 132 Å². The van der Waals surface area contributed by atoms with E-state index in [0.717, 1.165) is 16.7 Å². The van der Waals surface area contributed by atoms with E-state index in [4.69, 9.17) is 5.11 Å². The molecule has 22 heavy (non-hydrogen) atoms. The Morgan fingerprint density at radius 1 is 0.909 bits per heavy atom. The van der Waals surface area contributed by atoms with Crippen LogP contribution in [-0.4, -0.2) is 16.3 Å². The smallest absolute Gasteiger partial charge is 0.0945 e. The summed E-state index contributed by atoms with van der Waals surface area (Å²) in [7, 11) is 0. The van der Waals surface area contributed by atoms with Crippen LogP contribution in [0.5, 0.6) is 0 Å². The first-order valence-corrected chi connectivity index (χ1v) is 7.77. The third kappa shape index (κ3) is 4.41. The second-order valence-corrected chi connectivity index (χ2v) is 5.98. The molecule has 0 aliphatic heterocycles. The molecule has 0 aliphatic rings. The van der Waals surface area contributed by atoms with Crippen molar-refractivity contribution in [2.45, 2.75) is 39.1 Å². The van der Waals surface area contributed by atoms with Crippen molar-refractivity contribution in [1.82, 2.24) is 5.32 Å². The second kappa shape index (κ2) is 8.08. The Hall–Kier alpha value is -1.68. The summed E-state index contributed by atoms with van der Waals surface area (Å²) < 4.78 is 0. The topological polar surface area (TPSA) is 52.5 Å². The van der Waals surface area contributed by atoms with Gasteiger partial charge in [0.15, 0.2) is 0 Å². The summed E-state index contributed by atoms with van der Waals surface area (Å²) in [4.78, 5) is 0. The number of hydrogen-bond donors (Lipinski definition) is 3. The summed E-state index contributed by atoms with van der Waals surface area (Å²) in [6.45, 7) is 4.98. The SMILES string of the molecule is CC(C)[C@@H](NCc1ccc(CO)cc1)[C@H](O)c1ccccc1. The van der Waals surface area contributed by atoms with Gasteiger partial charge in [-0.15, -0.1) is 0 Å². The maximum atomic E-state index is 10.6. The van der Waals surface area contributed by atoms with E-state index in [1.165, 1.54) is 0 Å². The number of aliphatic hydroxyl groups excluding tert-OH is 2. The number of rotatable bonds is 7. The lowest BCUT2D eigenvalue weighted by molar-refractivity contribution is 0.104. The molecule has 0 amide bonds. The van der Waals surface area contributed by atoms with Crippen LogP contribution in [0.25, 0.3) is 0 Å². The Bertz CT molecular complexity index is 551. The predicted octanol–water partition coefficient (Wildman–Crippen LogP) is 3.03. The maximum Gasteiger partial charge on any atom is 0.0945 e. The van der Waals surface area contributed by atoms with E-state index in [9.17, 15) is 5.11 Å². The molecule has 0 aliphatic carbocycles. The van der Waals surface area contributed by atoms with Crippen molar-refractivity contribution in [3.8, 4) is 0 Å². The zero-order chi connectivity index (χ0) is 15.9. The molecule has 0 radical (unpaired) electrons. The van der Waals surface area contributed by atoms with Gasteiger partial charge in [0.2, 0.25) is 0 Å². The molecular weight excluding hydrogens is 274 g/mol. The van der Waals surface area contributed by atoms with Crippen LogP contribution in [0.3, 0.4) is 0 Å². The highest BCUT2D eigenvalue weighted by molar-refractivity contribution is 5.22. The van der Waals surface area contributed by atoms with Crippen LogP contribution in [-0.2, 0) is 13.2 Å². The third-order valence-corrected chi connectivity index (χ3v) is 3.95. The lowest BCUT2D eigenvalue weighted by atomic mass is 9.93. The Morgan fingerprint density at radius 2 is 1.50 bits per heavy atom. The van der Waals surface area contributed by atoms with Crippen molar-refractivity contribution >= 4 is 0 Å². The van der Waals surface area contributed by atoms with Crippen LogP contribution in [0, 0.1) is 5.92 Å². The van der Waals surface area contributed by atoms with E-state index in [1.54, 1.807) is 0 Å². The van der Waals surface area contributed by atoms with Crippen molar-refractivity contribution in [3.63, 3.8) is 0 Å². The molecule has 0 bridgehead atoms. The normalized spacial score (nSPS) is 14.0. The van der Waals surface area contributed by atoms with Crippen molar-refractivity contribution in [2.75, 3.05) is 0 Å². The molecule has 2 aromatic rings. The molecule has 2 atom stereocenters. The number of aliphatic hydroxyl groups is 2. The molecule has 2 aromatic carbocycles. The van der Waals surface area contributed by atoms with E-state index in [2.05, 4.69) is 19.2 Å². The maximum absolute atomic E-state index is 10.6. The predicted molar refractivity (Wildman–Crippen MR) is 89.2 cm³/mol. The van der Waals surface area contributed by atoms with Crippen LogP contribution in [0.1, 0.15) is 36.6 Å². The summed E-state index contributed by atoms with van der Waals surface area (Å²) >= 11 is 0. The van der Waals surface area contributed by atoms with Gasteiger partial charge in [0, 0.05) is 12.6 Å². The highest BCUT2D eigenvalue weighted by Crippen LogP contribution is 2.22. The van der Waals surface area contributed by atoms with Gasteiger partial charge in [-0.1, -0.05) is 68.4 Å². The minimum atomic E-state index is -0.530. The van der Waals surface area contributed by atoms with Crippen LogP contribution >= 0.6 is 0 Å². The average Bonchev–Trinajstić information content (AvgIpc) is 2.56. The fourth-order valence-electron chi connectivity index (χ4n) is 2.57. The standard InChI is InChI=1S/C19H25NO2/c1-14(2)18(19(22)17-6-4-3-5-7-17)20-12-15-8-10-16(13-21)11-9-15/h3-11,14,18-22H,12-13H2,1-2H3/t18-,19-/m1/s1. The van der Waals surface area contributed by atoms with Crippen LogP contribution in [0.15, 0.2) is 54.6 Å². The van der Waals surface area contributed by atoms with Crippen molar-refractivity contribution in [1.29, 1.82) is 0 Å². The lowest BCUT2D eigenvalue weighted by Crippen LogP contribution is -2.38. The molecule has 118 valence electrons. The quantitative estimate of drug-likeness (QED) is 0.736. The van der Waals surface area contributed by atoms with Gasteiger partial charge in [-0.05, 0) is 22.6 Å². The summed E-state index contributed by atoms with van der Waals surface area (Å²) in [5.74, 6) is 0.312. The fraction of sp³-hybridized carbons (Fsp3) is 0.368. The van der Waals surface area contributed by atoms with Gasteiger partial charge in [0.25, 0.3) is 0 Å². The van der Waals surface area contributed by atoms with E-state index in [1.807, 2.05) is 54.6 Å². The molecule has 0 fully saturated rings. The molecule has 0 aromatic heterocycles.